The molecule has 3 aromatic rings. The molecule has 112 valence electrons. The summed E-state index contributed by atoms with van der Waals surface area (Å²) < 4.78 is 10.7. The molecular formula is C18H16O4. The smallest absolute Gasteiger partial charge is 0.336 e. The molecule has 4 heteroatoms. The number of hydrogen-bond donors (Lipinski definition) is 1. The van der Waals surface area contributed by atoms with Crippen molar-refractivity contribution >= 4 is 11.0 Å². The zero-order valence-electron chi connectivity index (χ0n) is 11.9. The van der Waals surface area contributed by atoms with Crippen LogP contribution in [0, 0.1) is 0 Å². The first-order valence-electron chi connectivity index (χ1n) is 7.12. The Morgan fingerprint density at radius 2 is 1.82 bits per heavy atom. The molecule has 0 fully saturated rings. The van der Waals surface area contributed by atoms with Crippen molar-refractivity contribution in [3.05, 3.63) is 76.6 Å². The van der Waals surface area contributed by atoms with Crippen molar-refractivity contribution in [2.24, 2.45) is 0 Å². The fourth-order valence-corrected chi connectivity index (χ4v) is 2.26. The van der Waals surface area contributed by atoms with Gasteiger partial charge in [0.1, 0.15) is 11.3 Å². The van der Waals surface area contributed by atoms with Gasteiger partial charge >= 0.3 is 5.63 Å². The SMILES string of the molecule is O=c1ccc2ccc(OCC[C@@H](O)c3ccccc3)cc2o1. The number of benzene rings is 2. The predicted molar refractivity (Wildman–Crippen MR) is 84.0 cm³/mol. The number of hydrogen-bond acceptors (Lipinski definition) is 4. The molecule has 0 saturated carbocycles. The fraction of sp³-hybridized carbons (Fsp3) is 0.167. The van der Waals surface area contributed by atoms with Crippen LogP contribution in [0.3, 0.4) is 0 Å². The van der Waals surface area contributed by atoms with Crippen LogP contribution in [0.2, 0.25) is 0 Å². The van der Waals surface area contributed by atoms with E-state index in [0.29, 0.717) is 24.4 Å². The van der Waals surface area contributed by atoms with Crippen molar-refractivity contribution in [3.8, 4) is 5.75 Å². The summed E-state index contributed by atoms with van der Waals surface area (Å²) in [5, 5.41) is 10.9. The van der Waals surface area contributed by atoms with E-state index in [4.69, 9.17) is 9.15 Å². The third-order valence-corrected chi connectivity index (χ3v) is 3.44. The fourth-order valence-electron chi connectivity index (χ4n) is 2.26. The van der Waals surface area contributed by atoms with Crippen molar-refractivity contribution in [1.29, 1.82) is 0 Å². The van der Waals surface area contributed by atoms with E-state index >= 15 is 0 Å². The Labute approximate surface area is 127 Å². The summed E-state index contributed by atoms with van der Waals surface area (Å²) in [5.74, 6) is 0.613. The summed E-state index contributed by atoms with van der Waals surface area (Å²) in [4.78, 5) is 11.2. The highest BCUT2D eigenvalue weighted by Crippen LogP contribution is 2.21. The number of aliphatic hydroxyl groups excluding tert-OH is 1. The van der Waals surface area contributed by atoms with Crippen molar-refractivity contribution in [1.82, 2.24) is 0 Å². The second-order valence-corrected chi connectivity index (χ2v) is 5.02. The Morgan fingerprint density at radius 3 is 2.64 bits per heavy atom. The molecule has 3 rings (SSSR count). The monoisotopic (exact) mass is 296 g/mol. The molecule has 0 radical (unpaired) electrons. The van der Waals surface area contributed by atoms with Gasteiger partial charge in [0.25, 0.3) is 0 Å². The summed E-state index contributed by atoms with van der Waals surface area (Å²) in [6, 6.07) is 17.9. The van der Waals surface area contributed by atoms with E-state index < -0.39 is 6.10 Å². The Morgan fingerprint density at radius 1 is 1.05 bits per heavy atom. The van der Waals surface area contributed by atoms with Crippen LogP contribution in [-0.4, -0.2) is 11.7 Å². The molecule has 0 amide bonds. The van der Waals surface area contributed by atoms with Gasteiger partial charge in [-0.2, -0.15) is 0 Å². The van der Waals surface area contributed by atoms with E-state index in [1.165, 1.54) is 6.07 Å². The minimum atomic E-state index is -0.556. The van der Waals surface area contributed by atoms with Gasteiger partial charge in [-0.3, -0.25) is 0 Å². The normalized spacial score (nSPS) is 12.2. The molecule has 22 heavy (non-hydrogen) atoms. The van der Waals surface area contributed by atoms with E-state index in [-0.39, 0.29) is 5.63 Å². The zero-order chi connectivity index (χ0) is 15.4. The molecule has 0 aliphatic rings. The molecule has 2 aromatic carbocycles. The Hall–Kier alpha value is -2.59. The van der Waals surface area contributed by atoms with Gasteiger partial charge < -0.3 is 14.3 Å². The highest BCUT2D eigenvalue weighted by atomic mass is 16.5. The molecule has 1 heterocycles. The highest BCUT2D eigenvalue weighted by molar-refractivity contribution is 5.77. The number of fused-ring (bicyclic) bond motifs is 1. The predicted octanol–water partition coefficient (Wildman–Crippen LogP) is 3.30. The van der Waals surface area contributed by atoms with E-state index in [1.807, 2.05) is 42.5 Å². The summed E-state index contributed by atoms with van der Waals surface area (Å²) in [6.07, 6.45) is -0.0690. The van der Waals surface area contributed by atoms with Crippen LogP contribution in [0.5, 0.6) is 5.75 Å². The molecule has 1 N–H and O–H groups in total. The van der Waals surface area contributed by atoms with E-state index in [9.17, 15) is 9.90 Å². The average Bonchev–Trinajstić information content (AvgIpc) is 2.55. The molecule has 1 aromatic heterocycles. The standard InChI is InChI=1S/C18H16O4/c19-16(13-4-2-1-3-5-13)10-11-21-15-8-6-14-7-9-18(20)22-17(14)12-15/h1-9,12,16,19H,10-11H2/t16-/m1/s1. The molecular weight excluding hydrogens is 280 g/mol. The van der Waals surface area contributed by atoms with E-state index in [2.05, 4.69) is 0 Å². The average molecular weight is 296 g/mol. The van der Waals surface area contributed by atoms with E-state index in [1.54, 1.807) is 12.1 Å². The van der Waals surface area contributed by atoms with Crippen LogP contribution in [0.4, 0.5) is 0 Å². The third kappa shape index (κ3) is 3.35. The summed E-state index contributed by atoms with van der Waals surface area (Å²) in [7, 11) is 0. The molecule has 0 aliphatic carbocycles. The van der Waals surface area contributed by atoms with Crippen LogP contribution >= 0.6 is 0 Å². The molecule has 0 unspecified atom stereocenters. The molecule has 0 aliphatic heterocycles. The van der Waals surface area contributed by atoms with Gasteiger partial charge in [0.05, 0.1) is 12.7 Å². The lowest BCUT2D eigenvalue weighted by Gasteiger charge is -2.12. The minimum Gasteiger partial charge on any atom is -0.493 e. The highest BCUT2D eigenvalue weighted by Gasteiger charge is 2.07. The van der Waals surface area contributed by atoms with Crippen LogP contribution in [0.15, 0.2) is 69.9 Å². The van der Waals surface area contributed by atoms with E-state index in [0.717, 1.165) is 10.9 Å². The lowest BCUT2D eigenvalue weighted by Crippen LogP contribution is -2.05. The van der Waals surface area contributed by atoms with Gasteiger partial charge in [-0.25, -0.2) is 4.79 Å². The number of ether oxygens (including phenoxy) is 1. The summed E-state index contributed by atoms with van der Waals surface area (Å²) >= 11 is 0. The maximum Gasteiger partial charge on any atom is 0.336 e. The Balaban J connectivity index is 1.63. The first-order valence-corrected chi connectivity index (χ1v) is 7.12. The Kier molecular flexibility index (Phi) is 4.21. The Bertz CT molecular complexity index is 808. The van der Waals surface area contributed by atoms with Crippen molar-refractivity contribution in [2.45, 2.75) is 12.5 Å². The molecule has 4 nitrogen and oxygen atoms in total. The van der Waals surface area contributed by atoms with Crippen molar-refractivity contribution in [2.75, 3.05) is 6.61 Å². The van der Waals surface area contributed by atoms with Crippen molar-refractivity contribution < 1.29 is 14.3 Å². The topological polar surface area (TPSA) is 59.7 Å². The van der Waals surface area contributed by atoms with Gasteiger partial charge in [0.2, 0.25) is 0 Å². The quantitative estimate of drug-likeness (QED) is 0.734. The van der Waals surface area contributed by atoms with Gasteiger partial charge in [-0.1, -0.05) is 30.3 Å². The lowest BCUT2D eigenvalue weighted by atomic mass is 10.1. The maximum absolute atomic E-state index is 11.2. The van der Waals surface area contributed by atoms with Crippen molar-refractivity contribution in [3.63, 3.8) is 0 Å². The van der Waals surface area contributed by atoms with Gasteiger partial charge in [0.15, 0.2) is 0 Å². The third-order valence-electron chi connectivity index (χ3n) is 3.44. The first-order chi connectivity index (χ1) is 10.7. The molecule has 1 atom stereocenters. The largest absolute Gasteiger partial charge is 0.493 e. The molecule has 0 saturated heterocycles. The maximum atomic E-state index is 11.2. The van der Waals surface area contributed by atoms with Crippen LogP contribution < -0.4 is 10.4 Å². The van der Waals surface area contributed by atoms with Gasteiger partial charge in [-0.05, 0) is 23.8 Å². The van der Waals surface area contributed by atoms with Gasteiger partial charge in [-0.15, -0.1) is 0 Å². The summed E-state index contributed by atoms with van der Waals surface area (Å²) in [6.45, 7) is 0.374. The lowest BCUT2D eigenvalue weighted by molar-refractivity contribution is 0.141. The van der Waals surface area contributed by atoms with Crippen LogP contribution in [-0.2, 0) is 0 Å². The molecule has 0 bridgehead atoms. The summed E-state index contributed by atoms with van der Waals surface area (Å²) in [5.41, 5.74) is 0.980. The van der Waals surface area contributed by atoms with Crippen LogP contribution in [0.25, 0.3) is 11.0 Å². The molecule has 0 spiro atoms. The second-order valence-electron chi connectivity index (χ2n) is 5.02. The number of rotatable bonds is 5. The van der Waals surface area contributed by atoms with Gasteiger partial charge in [0, 0.05) is 23.9 Å². The zero-order valence-corrected chi connectivity index (χ0v) is 11.9. The first kappa shape index (κ1) is 14.4. The van der Waals surface area contributed by atoms with Crippen LogP contribution in [0.1, 0.15) is 18.1 Å². The second kappa shape index (κ2) is 6.45. The minimum absolute atomic E-state index is 0.374. The number of aliphatic hydroxyl groups is 1.